The highest BCUT2D eigenvalue weighted by molar-refractivity contribution is 5.88. The Bertz CT molecular complexity index is 222. The van der Waals surface area contributed by atoms with Crippen LogP contribution in [0.3, 0.4) is 0 Å². The molecule has 0 atom stereocenters. The Balaban J connectivity index is 3.81. The Morgan fingerprint density at radius 3 is 2.40 bits per heavy atom. The van der Waals surface area contributed by atoms with Crippen molar-refractivity contribution in [3.05, 3.63) is 11.3 Å². The smallest absolute Gasteiger partial charge is 0.336 e. The van der Waals surface area contributed by atoms with Gasteiger partial charge in [-0.2, -0.15) is 0 Å². The first kappa shape index (κ1) is 13.9. The topological polar surface area (TPSA) is 65.0 Å². The van der Waals surface area contributed by atoms with Crippen LogP contribution in [0.5, 0.6) is 0 Å². The summed E-state index contributed by atoms with van der Waals surface area (Å²) >= 11 is 0. The van der Waals surface area contributed by atoms with Gasteiger partial charge in [-0.3, -0.25) is 0 Å². The Labute approximate surface area is 89.6 Å². The molecule has 0 bridgehead atoms. The summed E-state index contributed by atoms with van der Waals surface area (Å²) in [7, 11) is 1.32. The molecule has 5 nitrogen and oxygen atoms in total. The van der Waals surface area contributed by atoms with Crippen LogP contribution in [0.25, 0.3) is 0 Å². The SMILES string of the molecule is COC(=O)C(C)=C(C)OCCOCCO. The van der Waals surface area contributed by atoms with E-state index in [1.165, 1.54) is 7.11 Å². The van der Waals surface area contributed by atoms with Crippen LogP contribution < -0.4 is 0 Å². The van der Waals surface area contributed by atoms with Crippen molar-refractivity contribution >= 4 is 5.97 Å². The standard InChI is InChI=1S/C10H18O5/c1-8(10(12)13-3)9(2)15-7-6-14-5-4-11/h11H,4-7H2,1-3H3. The summed E-state index contributed by atoms with van der Waals surface area (Å²) in [5.41, 5.74) is 0.444. The lowest BCUT2D eigenvalue weighted by Gasteiger charge is -2.09. The quantitative estimate of drug-likeness (QED) is 0.291. The number of hydrogen-bond donors (Lipinski definition) is 1. The molecule has 0 fully saturated rings. The molecule has 1 N–H and O–H groups in total. The van der Waals surface area contributed by atoms with Gasteiger partial charge in [0.1, 0.15) is 12.4 Å². The number of rotatable bonds is 7. The maximum atomic E-state index is 11.1. The molecule has 0 aromatic heterocycles. The summed E-state index contributed by atoms with van der Waals surface area (Å²) in [5.74, 6) is 0.123. The predicted molar refractivity (Wildman–Crippen MR) is 54.2 cm³/mol. The summed E-state index contributed by atoms with van der Waals surface area (Å²) in [6, 6.07) is 0. The van der Waals surface area contributed by atoms with Crippen molar-refractivity contribution in [1.29, 1.82) is 0 Å². The molecule has 0 amide bonds. The first-order chi connectivity index (χ1) is 7.13. The molecule has 0 aromatic carbocycles. The third-order valence-electron chi connectivity index (χ3n) is 1.80. The van der Waals surface area contributed by atoms with Gasteiger partial charge < -0.3 is 19.3 Å². The summed E-state index contributed by atoms with van der Waals surface area (Å²) in [5, 5.41) is 8.43. The number of carbonyl (C=O) groups is 1. The van der Waals surface area contributed by atoms with Gasteiger partial charge in [0.25, 0.3) is 0 Å². The summed E-state index contributed by atoms with van der Waals surface area (Å²) in [6.45, 7) is 4.35. The molecule has 88 valence electrons. The molecule has 0 aliphatic carbocycles. The van der Waals surface area contributed by atoms with Crippen molar-refractivity contribution in [2.75, 3.05) is 33.5 Å². The van der Waals surface area contributed by atoms with Crippen LogP contribution in [-0.4, -0.2) is 44.6 Å². The van der Waals surface area contributed by atoms with E-state index in [4.69, 9.17) is 14.6 Å². The molecular formula is C10H18O5. The lowest BCUT2D eigenvalue weighted by molar-refractivity contribution is -0.136. The molecule has 0 rings (SSSR count). The number of ether oxygens (including phenoxy) is 3. The van der Waals surface area contributed by atoms with E-state index < -0.39 is 5.97 Å². The van der Waals surface area contributed by atoms with Crippen LogP contribution in [0.4, 0.5) is 0 Å². The molecule has 0 unspecified atom stereocenters. The average Bonchev–Trinajstić information content (AvgIpc) is 2.26. The second kappa shape index (κ2) is 8.26. The van der Waals surface area contributed by atoms with Crippen molar-refractivity contribution in [3.8, 4) is 0 Å². The van der Waals surface area contributed by atoms with E-state index in [9.17, 15) is 4.79 Å². The fraction of sp³-hybridized carbons (Fsp3) is 0.700. The molecule has 0 saturated heterocycles. The van der Waals surface area contributed by atoms with E-state index in [-0.39, 0.29) is 6.61 Å². The monoisotopic (exact) mass is 218 g/mol. The number of allylic oxidation sites excluding steroid dienone is 1. The Morgan fingerprint density at radius 1 is 1.20 bits per heavy atom. The van der Waals surface area contributed by atoms with Crippen molar-refractivity contribution in [2.45, 2.75) is 13.8 Å². The highest BCUT2D eigenvalue weighted by Crippen LogP contribution is 2.06. The molecule has 0 radical (unpaired) electrons. The zero-order valence-corrected chi connectivity index (χ0v) is 9.41. The number of aliphatic hydroxyl groups is 1. The second-order valence-electron chi connectivity index (χ2n) is 2.86. The van der Waals surface area contributed by atoms with Crippen molar-refractivity contribution in [2.24, 2.45) is 0 Å². The van der Waals surface area contributed by atoms with Crippen LogP contribution in [-0.2, 0) is 19.0 Å². The Morgan fingerprint density at radius 2 is 1.87 bits per heavy atom. The zero-order chi connectivity index (χ0) is 11.7. The van der Waals surface area contributed by atoms with E-state index in [2.05, 4.69) is 4.74 Å². The highest BCUT2D eigenvalue weighted by Gasteiger charge is 2.08. The van der Waals surface area contributed by atoms with Gasteiger partial charge in [0.2, 0.25) is 0 Å². The minimum Gasteiger partial charge on any atom is -0.495 e. The van der Waals surface area contributed by atoms with Gasteiger partial charge in [-0.1, -0.05) is 0 Å². The normalized spacial score (nSPS) is 12.0. The van der Waals surface area contributed by atoms with E-state index in [1.807, 2.05) is 0 Å². The van der Waals surface area contributed by atoms with Gasteiger partial charge in [0.15, 0.2) is 0 Å². The molecule has 5 heteroatoms. The van der Waals surface area contributed by atoms with Crippen molar-refractivity contribution < 1.29 is 24.1 Å². The van der Waals surface area contributed by atoms with E-state index in [1.54, 1.807) is 13.8 Å². The fourth-order valence-corrected chi connectivity index (χ4v) is 0.825. The molecule has 0 aromatic rings. The molecular weight excluding hydrogens is 200 g/mol. The van der Waals surface area contributed by atoms with Crippen LogP contribution in [0.2, 0.25) is 0 Å². The van der Waals surface area contributed by atoms with Gasteiger partial charge in [-0.25, -0.2) is 4.79 Å². The first-order valence-electron chi connectivity index (χ1n) is 4.70. The van der Waals surface area contributed by atoms with Gasteiger partial charge in [0, 0.05) is 0 Å². The van der Waals surface area contributed by atoms with Crippen LogP contribution in [0, 0.1) is 0 Å². The molecule has 0 saturated carbocycles. The number of methoxy groups -OCH3 is 1. The van der Waals surface area contributed by atoms with Gasteiger partial charge in [-0.05, 0) is 13.8 Å². The highest BCUT2D eigenvalue weighted by atomic mass is 16.5. The average molecular weight is 218 g/mol. The van der Waals surface area contributed by atoms with E-state index in [0.29, 0.717) is 31.2 Å². The molecule has 0 heterocycles. The first-order valence-corrected chi connectivity index (χ1v) is 4.70. The van der Waals surface area contributed by atoms with Crippen LogP contribution in [0.1, 0.15) is 13.8 Å². The fourth-order valence-electron chi connectivity index (χ4n) is 0.825. The minimum absolute atomic E-state index is 0.00396. The van der Waals surface area contributed by atoms with Crippen LogP contribution in [0.15, 0.2) is 11.3 Å². The summed E-state index contributed by atoms with van der Waals surface area (Å²) < 4.78 is 14.8. The van der Waals surface area contributed by atoms with Gasteiger partial charge in [0.05, 0.1) is 32.5 Å². The third-order valence-corrected chi connectivity index (χ3v) is 1.80. The predicted octanol–water partition coefficient (Wildman–Crippen LogP) is 0.479. The molecule has 0 spiro atoms. The lowest BCUT2D eigenvalue weighted by atomic mass is 10.3. The number of hydrogen-bond acceptors (Lipinski definition) is 5. The number of esters is 1. The third kappa shape index (κ3) is 6.09. The van der Waals surface area contributed by atoms with Crippen LogP contribution >= 0.6 is 0 Å². The number of aliphatic hydroxyl groups excluding tert-OH is 1. The lowest BCUT2D eigenvalue weighted by Crippen LogP contribution is -2.09. The summed E-state index contributed by atoms with van der Waals surface area (Å²) in [4.78, 5) is 11.1. The molecule has 0 aliphatic heterocycles. The van der Waals surface area contributed by atoms with E-state index >= 15 is 0 Å². The Kier molecular flexibility index (Phi) is 7.67. The maximum absolute atomic E-state index is 11.1. The minimum atomic E-state index is -0.399. The van der Waals surface area contributed by atoms with Gasteiger partial charge >= 0.3 is 5.97 Å². The van der Waals surface area contributed by atoms with Crippen molar-refractivity contribution in [3.63, 3.8) is 0 Å². The second-order valence-corrected chi connectivity index (χ2v) is 2.86. The maximum Gasteiger partial charge on any atom is 0.336 e. The van der Waals surface area contributed by atoms with E-state index in [0.717, 1.165) is 0 Å². The number of carbonyl (C=O) groups excluding carboxylic acids is 1. The Hall–Kier alpha value is -1.07. The molecule has 0 aliphatic rings. The summed E-state index contributed by atoms with van der Waals surface area (Å²) in [6.07, 6.45) is 0. The molecule has 15 heavy (non-hydrogen) atoms. The largest absolute Gasteiger partial charge is 0.495 e. The van der Waals surface area contributed by atoms with Gasteiger partial charge in [-0.15, -0.1) is 0 Å². The zero-order valence-electron chi connectivity index (χ0n) is 9.41. The van der Waals surface area contributed by atoms with Crippen molar-refractivity contribution in [1.82, 2.24) is 0 Å².